The first-order chi connectivity index (χ1) is 9.99. The lowest BCUT2D eigenvalue weighted by Crippen LogP contribution is -2.19. The molecule has 3 rings (SSSR count). The number of hydrogen-bond donors (Lipinski definition) is 1. The number of rotatable bonds is 1. The molecule has 21 heavy (non-hydrogen) atoms. The highest BCUT2D eigenvalue weighted by atomic mass is 35.5. The van der Waals surface area contributed by atoms with Crippen molar-refractivity contribution < 1.29 is 5.11 Å². The van der Waals surface area contributed by atoms with E-state index in [1.165, 1.54) is 10.9 Å². The van der Waals surface area contributed by atoms with Crippen molar-refractivity contribution in [1.82, 2.24) is 14.5 Å². The minimum absolute atomic E-state index is 0.00397. The number of phenols is 1. The van der Waals surface area contributed by atoms with Crippen LogP contribution in [-0.4, -0.2) is 33.1 Å². The fourth-order valence-electron chi connectivity index (χ4n) is 2.63. The molecule has 1 fully saturated rings. The zero-order chi connectivity index (χ0) is 15.1. The third kappa shape index (κ3) is 2.27. The Kier molecular flexibility index (Phi) is 3.37. The van der Waals surface area contributed by atoms with E-state index in [0.717, 1.165) is 25.1 Å². The third-order valence-electron chi connectivity index (χ3n) is 3.88. The number of hydrogen-bond acceptors (Lipinski definition) is 4. The standard InChI is InChI=1S/C15H16ClN3O2/c1-9-6-11(16)12-13(14(9)20)17-8-19(15(12)21)7-10-4-3-5-18(10)2/h6-8,20H,3-5H2,1-2H3/b10-7+. The first-order valence-corrected chi connectivity index (χ1v) is 7.17. The molecule has 1 aromatic carbocycles. The second-order valence-corrected chi connectivity index (χ2v) is 5.76. The highest BCUT2D eigenvalue weighted by Gasteiger charge is 2.16. The molecule has 1 aliphatic rings. The summed E-state index contributed by atoms with van der Waals surface area (Å²) < 4.78 is 1.43. The molecule has 0 radical (unpaired) electrons. The van der Waals surface area contributed by atoms with Crippen molar-refractivity contribution in [2.75, 3.05) is 13.6 Å². The van der Waals surface area contributed by atoms with Crippen molar-refractivity contribution in [1.29, 1.82) is 0 Å². The number of aromatic hydroxyl groups is 1. The smallest absolute Gasteiger partial charge is 0.266 e. The van der Waals surface area contributed by atoms with Gasteiger partial charge in [0, 0.05) is 25.5 Å². The quantitative estimate of drug-likeness (QED) is 0.880. The Morgan fingerprint density at radius 2 is 2.24 bits per heavy atom. The van der Waals surface area contributed by atoms with Crippen LogP contribution in [0.4, 0.5) is 0 Å². The Balaban J connectivity index is 2.24. The summed E-state index contributed by atoms with van der Waals surface area (Å²) in [5, 5.41) is 10.6. The number of allylic oxidation sites excluding steroid dienone is 1. The minimum Gasteiger partial charge on any atom is -0.505 e. The second-order valence-electron chi connectivity index (χ2n) is 5.35. The van der Waals surface area contributed by atoms with E-state index in [0.29, 0.717) is 10.6 Å². The lowest BCUT2D eigenvalue weighted by molar-refractivity contribution is 0.476. The van der Waals surface area contributed by atoms with Gasteiger partial charge in [-0.1, -0.05) is 11.6 Å². The van der Waals surface area contributed by atoms with Crippen LogP contribution in [0.3, 0.4) is 0 Å². The predicted molar refractivity (Wildman–Crippen MR) is 83.6 cm³/mol. The van der Waals surface area contributed by atoms with Gasteiger partial charge >= 0.3 is 0 Å². The van der Waals surface area contributed by atoms with E-state index in [9.17, 15) is 9.90 Å². The van der Waals surface area contributed by atoms with Gasteiger partial charge in [-0.05, 0) is 31.4 Å². The van der Waals surface area contributed by atoms with Gasteiger partial charge < -0.3 is 10.0 Å². The van der Waals surface area contributed by atoms with Crippen molar-refractivity contribution >= 4 is 28.7 Å². The maximum absolute atomic E-state index is 12.6. The molecule has 0 aliphatic carbocycles. The van der Waals surface area contributed by atoms with Crippen molar-refractivity contribution in [3.05, 3.63) is 39.0 Å². The van der Waals surface area contributed by atoms with Gasteiger partial charge in [-0.25, -0.2) is 4.98 Å². The van der Waals surface area contributed by atoms with E-state index >= 15 is 0 Å². The predicted octanol–water partition coefficient (Wildman–Crippen LogP) is 2.59. The summed E-state index contributed by atoms with van der Waals surface area (Å²) in [6, 6.07) is 1.58. The molecule has 110 valence electrons. The molecular formula is C15H16ClN3O2. The summed E-state index contributed by atoms with van der Waals surface area (Å²) in [5.41, 5.74) is 1.67. The maximum atomic E-state index is 12.6. The molecule has 0 amide bonds. The zero-order valence-corrected chi connectivity index (χ0v) is 12.7. The molecule has 1 N–H and O–H groups in total. The van der Waals surface area contributed by atoms with Gasteiger partial charge in [-0.3, -0.25) is 9.36 Å². The van der Waals surface area contributed by atoms with Gasteiger partial charge in [0.1, 0.15) is 17.6 Å². The molecule has 0 unspecified atom stereocenters. The Labute approximate surface area is 127 Å². The molecule has 1 saturated heterocycles. The largest absolute Gasteiger partial charge is 0.505 e. The molecule has 0 bridgehead atoms. The first-order valence-electron chi connectivity index (χ1n) is 6.80. The van der Waals surface area contributed by atoms with Crippen molar-refractivity contribution in [3.8, 4) is 5.75 Å². The van der Waals surface area contributed by atoms with Gasteiger partial charge in [0.2, 0.25) is 0 Å². The SMILES string of the molecule is Cc1cc(Cl)c2c(=O)n(/C=C3\CCCN3C)cnc2c1O. The van der Waals surface area contributed by atoms with Crippen LogP contribution in [0.2, 0.25) is 5.02 Å². The van der Waals surface area contributed by atoms with Crippen LogP contribution in [-0.2, 0) is 0 Å². The molecular weight excluding hydrogens is 290 g/mol. The number of aryl methyl sites for hydroxylation is 1. The summed E-state index contributed by atoms with van der Waals surface area (Å²) in [5.74, 6) is 0.00397. The molecule has 0 atom stereocenters. The zero-order valence-electron chi connectivity index (χ0n) is 11.9. The van der Waals surface area contributed by atoms with Gasteiger partial charge in [0.15, 0.2) is 0 Å². The van der Waals surface area contributed by atoms with Crippen molar-refractivity contribution in [2.24, 2.45) is 0 Å². The van der Waals surface area contributed by atoms with Crippen LogP contribution in [0, 0.1) is 6.92 Å². The fraction of sp³-hybridized carbons (Fsp3) is 0.333. The fourth-order valence-corrected chi connectivity index (χ4v) is 2.96. The molecule has 2 heterocycles. The molecule has 2 aromatic rings. The molecule has 1 aromatic heterocycles. The summed E-state index contributed by atoms with van der Waals surface area (Å²) >= 11 is 6.16. The van der Waals surface area contributed by atoms with Crippen molar-refractivity contribution in [2.45, 2.75) is 19.8 Å². The average molecular weight is 306 g/mol. The highest BCUT2D eigenvalue weighted by molar-refractivity contribution is 6.35. The number of aromatic nitrogens is 2. The van der Waals surface area contributed by atoms with Crippen LogP contribution in [0.1, 0.15) is 18.4 Å². The molecule has 6 heteroatoms. The van der Waals surface area contributed by atoms with E-state index in [2.05, 4.69) is 9.88 Å². The normalized spacial score (nSPS) is 17.1. The number of benzene rings is 1. The molecule has 1 aliphatic heterocycles. The van der Waals surface area contributed by atoms with Crippen LogP contribution >= 0.6 is 11.6 Å². The monoisotopic (exact) mass is 305 g/mol. The van der Waals surface area contributed by atoms with E-state index in [-0.39, 0.29) is 22.2 Å². The van der Waals surface area contributed by atoms with Gasteiger partial charge in [0.05, 0.1) is 10.4 Å². The second kappa shape index (κ2) is 5.07. The Bertz CT molecular complexity index is 811. The molecule has 0 saturated carbocycles. The summed E-state index contributed by atoms with van der Waals surface area (Å²) in [4.78, 5) is 18.9. The number of phenolic OH excluding ortho intramolecular Hbond substituents is 1. The van der Waals surface area contributed by atoms with Gasteiger partial charge in [0.25, 0.3) is 5.56 Å². The van der Waals surface area contributed by atoms with Crippen LogP contribution in [0.5, 0.6) is 5.75 Å². The van der Waals surface area contributed by atoms with Crippen LogP contribution in [0.25, 0.3) is 17.1 Å². The lowest BCUT2D eigenvalue weighted by atomic mass is 10.1. The third-order valence-corrected chi connectivity index (χ3v) is 4.18. The number of fused-ring (bicyclic) bond motifs is 1. The maximum Gasteiger partial charge on any atom is 0.266 e. The van der Waals surface area contributed by atoms with E-state index in [4.69, 9.17) is 11.6 Å². The van der Waals surface area contributed by atoms with Gasteiger partial charge in [-0.15, -0.1) is 0 Å². The Morgan fingerprint density at radius 1 is 1.48 bits per heavy atom. The highest BCUT2D eigenvalue weighted by Crippen LogP contribution is 2.30. The summed E-state index contributed by atoms with van der Waals surface area (Å²) in [6.07, 6.45) is 5.24. The van der Waals surface area contributed by atoms with Crippen LogP contribution in [0.15, 0.2) is 22.9 Å². The minimum atomic E-state index is -0.270. The van der Waals surface area contributed by atoms with Crippen molar-refractivity contribution in [3.63, 3.8) is 0 Å². The molecule has 0 spiro atoms. The lowest BCUT2D eigenvalue weighted by Gasteiger charge is -2.13. The van der Waals surface area contributed by atoms with Gasteiger partial charge in [-0.2, -0.15) is 0 Å². The topological polar surface area (TPSA) is 58.4 Å². The number of likely N-dealkylation sites (tertiary alicyclic amines) is 1. The summed E-state index contributed by atoms with van der Waals surface area (Å²) in [6.45, 7) is 2.71. The van der Waals surface area contributed by atoms with Crippen LogP contribution < -0.4 is 5.56 Å². The van der Waals surface area contributed by atoms with E-state index in [1.807, 2.05) is 7.05 Å². The number of nitrogens with zero attached hydrogens (tertiary/aromatic N) is 3. The first kappa shape index (κ1) is 13.9. The Hall–Kier alpha value is -2.01. The molecule has 5 nitrogen and oxygen atoms in total. The average Bonchev–Trinajstić information content (AvgIpc) is 2.84. The summed E-state index contributed by atoms with van der Waals surface area (Å²) in [7, 11) is 2.00. The van der Waals surface area contributed by atoms with E-state index in [1.54, 1.807) is 19.2 Å². The Morgan fingerprint density at radius 3 is 2.90 bits per heavy atom. The van der Waals surface area contributed by atoms with E-state index < -0.39 is 0 Å². The number of halogens is 1.